The highest BCUT2D eigenvalue weighted by molar-refractivity contribution is 9.10. The van der Waals surface area contributed by atoms with Crippen molar-refractivity contribution in [3.05, 3.63) is 93.5 Å². The molecular formula is C25H22BrN3O2. The van der Waals surface area contributed by atoms with Crippen LogP contribution in [0.3, 0.4) is 0 Å². The Labute approximate surface area is 188 Å². The van der Waals surface area contributed by atoms with Gasteiger partial charge in [0.15, 0.2) is 0 Å². The monoisotopic (exact) mass is 475 g/mol. The number of nitrogens with zero attached hydrogens (tertiary/aromatic N) is 3. The summed E-state index contributed by atoms with van der Waals surface area (Å²) in [4.78, 5) is 18.0. The fourth-order valence-electron chi connectivity index (χ4n) is 3.45. The van der Waals surface area contributed by atoms with Crippen molar-refractivity contribution >= 4 is 43.8 Å². The molecule has 0 saturated carbocycles. The Balaban J connectivity index is 1.93. The van der Waals surface area contributed by atoms with Gasteiger partial charge in [-0.3, -0.25) is 4.79 Å². The number of benzene rings is 3. The summed E-state index contributed by atoms with van der Waals surface area (Å²) in [6.07, 6.45) is 3.38. The van der Waals surface area contributed by atoms with E-state index >= 15 is 0 Å². The summed E-state index contributed by atoms with van der Waals surface area (Å²) in [7, 11) is 0. The Bertz CT molecular complexity index is 1370. The molecule has 0 amide bonds. The summed E-state index contributed by atoms with van der Waals surface area (Å²) < 4.78 is 8.07. The van der Waals surface area contributed by atoms with E-state index in [1.807, 2.05) is 62.4 Å². The second kappa shape index (κ2) is 8.86. The number of hydrogen-bond acceptors (Lipinski definition) is 4. The van der Waals surface area contributed by atoms with Crippen LogP contribution in [-0.2, 0) is 0 Å². The van der Waals surface area contributed by atoms with Crippen LogP contribution >= 0.6 is 15.9 Å². The van der Waals surface area contributed by atoms with Crippen molar-refractivity contribution in [2.45, 2.75) is 19.8 Å². The number of aromatic nitrogens is 2. The summed E-state index contributed by atoms with van der Waals surface area (Å²) in [5.74, 6) is 1.30. The molecule has 0 atom stereocenters. The maximum absolute atomic E-state index is 13.3. The molecule has 0 radical (unpaired) electrons. The fourth-order valence-corrected chi connectivity index (χ4v) is 3.81. The Morgan fingerprint density at radius 2 is 1.97 bits per heavy atom. The molecule has 4 aromatic rings. The zero-order chi connectivity index (χ0) is 22.0. The Hall–Kier alpha value is -3.25. The minimum atomic E-state index is -0.208. The van der Waals surface area contributed by atoms with E-state index in [-0.39, 0.29) is 11.5 Å². The van der Waals surface area contributed by atoms with E-state index in [1.54, 1.807) is 18.4 Å². The highest BCUT2D eigenvalue weighted by Crippen LogP contribution is 2.27. The van der Waals surface area contributed by atoms with Crippen LogP contribution in [0.15, 0.2) is 81.6 Å². The predicted molar refractivity (Wildman–Crippen MR) is 130 cm³/mol. The molecule has 0 fully saturated rings. The predicted octanol–water partition coefficient (Wildman–Crippen LogP) is 5.88. The minimum absolute atomic E-state index is 0.0156. The van der Waals surface area contributed by atoms with E-state index in [0.717, 1.165) is 20.8 Å². The second-order valence-corrected chi connectivity index (χ2v) is 8.36. The van der Waals surface area contributed by atoms with Crippen LogP contribution in [0.2, 0.25) is 0 Å². The van der Waals surface area contributed by atoms with Crippen molar-refractivity contribution in [2.24, 2.45) is 5.10 Å². The number of fused-ring (bicyclic) bond motifs is 2. The highest BCUT2D eigenvalue weighted by Gasteiger charge is 2.14. The molecule has 31 heavy (non-hydrogen) atoms. The van der Waals surface area contributed by atoms with Gasteiger partial charge in [-0.25, -0.2) is 4.98 Å². The molecule has 3 aromatic carbocycles. The summed E-state index contributed by atoms with van der Waals surface area (Å²) >= 11 is 3.44. The third-order valence-electron chi connectivity index (χ3n) is 4.94. The standard InChI is InChI=1S/C25H22BrN3O2/c1-4-13-31-23-12-9-17-7-5-6-8-19(17)21(23)15-27-29-24(16(2)3)28-22-11-10-18(26)14-20(22)25(29)30/h4-12,14-16H,1,13H2,2-3H3. The smallest absolute Gasteiger partial charge is 0.282 e. The van der Waals surface area contributed by atoms with E-state index < -0.39 is 0 Å². The third kappa shape index (κ3) is 4.16. The Morgan fingerprint density at radius 3 is 2.74 bits per heavy atom. The van der Waals surface area contributed by atoms with E-state index in [4.69, 9.17) is 9.72 Å². The maximum Gasteiger partial charge on any atom is 0.282 e. The molecule has 6 heteroatoms. The molecule has 1 aromatic heterocycles. The van der Waals surface area contributed by atoms with Crippen molar-refractivity contribution in [1.82, 2.24) is 9.66 Å². The fraction of sp³-hybridized carbons (Fsp3) is 0.160. The van der Waals surface area contributed by atoms with Crippen LogP contribution in [-0.4, -0.2) is 22.5 Å². The van der Waals surface area contributed by atoms with Crippen molar-refractivity contribution in [3.8, 4) is 5.75 Å². The lowest BCUT2D eigenvalue weighted by Gasteiger charge is -2.13. The summed E-state index contributed by atoms with van der Waals surface area (Å²) in [6.45, 7) is 8.09. The molecule has 0 spiro atoms. The molecular weight excluding hydrogens is 454 g/mol. The Kier molecular flexibility index (Phi) is 6.00. The molecule has 0 saturated heterocycles. The van der Waals surface area contributed by atoms with Crippen LogP contribution in [0, 0.1) is 0 Å². The van der Waals surface area contributed by atoms with E-state index in [9.17, 15) is 4.79 Å². The third-order valence-corrected chi connectivity index (χ3v) is 5.43. The van der Waals surface area contributed by atoms with Crippen molar-refractivity contribution < 1.29 is 4.74 Å². The van der Waals surface area contributed by atoms with Gasteiger partial charge in [-0.15, -0.1) is 0 Å². The van der Waals surface area contributed by atoms with Crippen LogP contribution in [0.25, 0.3) is 21.7 Å². The molecule has 0 aliphatic rings. The molecule has 0 aliphatic heterocycles. The zero-order valence-corrected chi connectivity index (χ0v) is 19.0. The van der Waals surface area contributed by atoms with Gasteiger partial charge < -0.3 is 4.74 Å². The van der Waals surface area contributed by atoms with Crippen molar-refractivity contribution in [3.63, 3.8) is 0 Å². The first-order chi connectivity index (χ1) is 15.0. The number of halogens is 1. The van der Waals surface area contributed by atoms with Crippen molar-refractivity contribution in [1.29, 1.82) is 0 Å². The molecule has 5 nitrogen and oxygen atoms in total. The van der Waals surface area contributed by atoms with Crippen LogP contribution < -0.4 is 10.3 Å². The largest absolute Gasteiger partial charge is 0.489 e. The quantitative estimate of drug-likeness (QED) is 0.258. The van der Waals surface area contributed by atoms with Gasteiger partial charge in [-0.1, -0.05) is 72.8 Å². The van der Waals surface area contributed by atoms with Gasteiger partial charge in [0.1, 0.15) is 18.2 Å². The van der Waals surface area contributed by atoms with Crippen molar-refractivity contribution in [2.75, 3.05) is 6.61 Å². The van der Waals surface area contributed by atoms with Gasteiger partial charge in [0.25, 0.3) is 5.56 Å². The highest BCUT2D eigenvalue weighted by atomic mass is 79.9. The number of ether oxygens (including phenoxy) is 1. The molecule has 0 unspecified atom stereocenters. The average Bonchev–Trinajstić information content (AvgIpc) is 2.77. The lowest BCUT2D eigenvalue weighted by Crippen LogP contribution is -2.23. The molecule has 156 valence electrons. The normalized spacial score (nSPS) is 11.6. The van der Waals surface area contributed by atoms with Gasteiger partial charge in [0.2, 0.25) is 0 Å². The topological polar surface area (TPSA) is 56.5 Å². The molecule has 0 N–H and O–H groups in total. The van der Waals surface area contributed by atoms with E-state index in [2.05, 4.69) is 27.6 Å². The first-order valence-electron chi connectivity index (χ1n) is 10.0. The van der Waals surface area contributed by atoms with Gasteiger partial charge in [-0.2, -0.15) is 9.78 Å². The van der Waals surface area contributed by atoms with Crippen LogP contribution in [0.1, 0.15) is 31.2 Å². The zero-order valence-electron chi connectivity index (χ0n) is 17.4. The van der Waals surface area contributed by atoms with Gasteiger partial charge in [0.05, 0.1) is 17.1 Å². The Morgan fingerprint density at radius 1 is 1.16 bits per heavy atom. The average molecular weight is 476 g/mol. The van der Waals surface area contributed by atoms with Gasteiger partial charge >= 0.3 is 0 Å². The van der Waals surface area contributed by atoms with E-state index in [0.29, 0.717) is 29.1 Å². The summed E-state index contributed by atoms with van der Waals surface area (Å²) in [5, 5.41) is 7.15. The van der Waals surface area contributed by atoms with Crippen LogP contribution in [0.4, 0.5) is 0 Å². The first-order valence-corrected chi connectivity index (χ1v) is 10.8. The molecule has 0 bridgehead atoms. The first kappa shape index (κ1) is 21.0. The van der Waals surface area contributed by atoms with Crippen LogP contribution in [0.5, 0.6) is 5.75 Å². The summed E-state index contributed by atoms with van der Waals surface area (Å²) in [5.41, 5.74) is 1.25. The second-order valence-electron chi connectivity index (χ2n) is 7.45. The van der Waals surface area contributed by atoms with Gasteiger partial charge in [0, 0.05) is 16.0 Å². The number of rotatable bonds is 6. The summed E-state index contributed by atoms with van der Waals surface area (Å²) in [6, 6.07) is 17.4. The molecule has 4 rings (SSSR count). The lowest BCUT2D eigenvalue weighted by molar-refractivity contribution is 0.363. The van der Waals surface area contributed by atoms with Gasteiger partial charge in [-0.05, 0) is 35.0 Å². The molecule has 0 aliphatic carbocycles. The van der Waals surface area contributed by atoms with E-state index in [1.165, 1.54) is 4.68 Å². The minimum Gasteiger partial charge on any atom is -0.489 e. The SMILES string of the molecule is C=CCOc1ccc2ccccc2c1C=Nn1c(C(C)C)nc2ccc(Br)cc2c1=O. The maximum atomic E-state index is 13.3. The molecule has 1 heterocycles. The number of hydrogen-bond donors (Lipinski definition) is 0. The lowest BCUT2D eigenvalue weighted by atomic mass is 10.0.